The molecule has 0 aliphatic heterocycles. The predicted octanol–water partition coefficient (Wildman–Crippen LogP) is 3.87. The van der Waals surface area contributed by atoms with Gasteiger partial charge in [0.2, 0.25) is 0 Å². The number of carbonyl (C=O) groups is 1. The summed E-state index contributed by atoms with van der Waals surface area (Å²) in [5, 5.41) is 0.956. The molecule has 1 aromatic carbocycles. The summed E-state index contributed by atoms with van der Waals surface area (Å²) in [6.45, 7) is 2.15. The van der Waals surface area contributed by atoms with Gasteiger partial charge in [-0.15, -0.1) is 0 Å². The summed E-state index contributed by atoms with van der Waals surface area (Å²) in [5.41, 5.74) is 1.35. The topological polar surface area (TPSA) is 42.1 Å². The number of benzene rings is 1. The maximum atomic E-state index is 11.6. The lowest BCUT2D eigenvalue weighted by Gasteiger charge is -1.98. The number of nitrogens with one attached hydrogen (secondary N) is 1. The van der Waals surface area contributed by atoms with E-state index in [-0.39, 0.29) is 5.97 Å². The molecule has 3 nitrogen and oxygen atoms in total. The van der Waals surface area contributed by atoms with Crippen LogP contribution < -0.4 is 0 Å². The van der Waals surface area contributed by atoms with Crippen molar-refractivity contribution in [3.8, 4) is 0 Å². The Morgan fingerprint density at radius 3 is 2.88 bits per heavy atom. The number of aromatic amines is 1. The van der Waals surface area contributed by atoms with Gasteiger partial charge in [0.15, 0.2) is 0 Å². The van der Waals surface area contributed by atoms with E-state index in [2.05, 4.69) is 36.8 Å². The van der Waals surface area contributed by atoms with Gasteiger partial charge in [-0.3, -0.25) is 0 Å². The van der Waals surface area contributed by atoms with Crippen LogP contribution in [0.1, 0.15) is 17.4 Å². The van der Waals surface area contributed by atoms with Crippen molar-refractivity contribution in [1.82, 2.24) is 4.98 Å². The number of ether oxygens (including phenoxy) is 1. The third-order valence-electron chi connectivity index (χ3n) is 2.18. The largest absolute Gasteiger partial charge is 0.461 e. The van der Waals surface area contributed by atoms with E-state index in [1.165, 1.54) is 0 Å². The van der Waals surface area contributed by atoms with Gasteiger partial charge in [-0.2, -0.15) is 0 Å². The van der Waals surface area contributed by atoms with Crippen LogP contribution in [0.15, 0.2) is 27.1 Å². The quantitative estimate of drug-likeness (QED) is 0.839. The van der Waals surface area contributed by atoms with E-state index in [0.29, 0.717) is 12.3 Å². The van der Waals surface area contributed by atoms with Crippen molar-refractivity contribution in [2.75, 3.05) is 6.61 Å². The zero-order valence-corrected chi connectivity index (χ0v) is 11.7. The smallest absolute Gasteiger partial charge is 0.355 e. The lowest BCUT2D eigenvalue weighted by molar-refractivity contribution is 0.0519. The first kappa shape index (κ1) is 11.7. The van der Waals surface area contributed by atoms with Gasteiger partial charge in [0.1, 0.15) is 5.69 Å². The van der Waals surface area contributed by atoms with Crippen LogP contribution in [0.2, 0.25) is 0 Å². The highest BCUT2D eigenvalue weighted by molar-refractivity contribution is 9.11. The average Bonchev–Trinajstić information content (AvgIpc) is 2.57. The summed E-state index contributed by atoms with van der Waals surface area (Å²) in [6.07, 6.45) is 0. The average molecular weight is 347 g/mol. The standard InChI is InChI=1S/C11H9Br2NO2/c1-2-16-11(15)10-9(13)7-5-6(12)3-4-8(7)14-10/h3-5,14H,2H2,1H3. The minimum Gasteiger partial charge on any atom is -0.461 e. The molecule has 0 unspecified atom stereocenters. The Kier molecular flexibility index (Phi) is 3.35. The maximum Gasteiger partial charge on any atom is 0.355 e. The van der Waals surface area contributed by atoms with Crippen molar-refractivity contribution in [1.29, 1.82) is 0 Å². The summed E-state index contributed by atoms with van der Waals surface area (Å²) in [7, 11) is 0. The van der Waals surface area contributed by atoms with Gasteiger partial charge < -0.3 is 9.72 Å². The third kappa shape index (κ3) is 2.01. The second kappa shape index (κ2) is 4.59. The molecule has 0 bridgehead atoms. The molecule has 0 saturated heterocycles. The van der Waals surface area contributed by atoms with Crippen molar-refractivity contribution in [2.45, 2.75) is 6.92 Å². The summed E-state index contributed by atoms with van der Waals surface area (Å²) in [5.74, 6) is -0.346. The first-order chi connectivity index (χ1) is 7.63. The lowest BCUT2D eigenvalue weighted by Crippen LogP contribution is -2.05. The molecule has 0 radical (unpaired) electrons. The molecule has 0 atom stereocenters. The number of aromatic nitrogens is 1. The van der Waals surface area contributed by atoms with Crippen LogP contribution in [-0.4, -0.2) is 17.6 Å². The molecule has 0 amide bonds. The number of hydrogen-bond acceptors (Lipinski definition) is 2. The molecule has 0 spiro atoms. The third-order valence-corrected chi connectivity index (χ3v) is 3.49. The minimum absolute atomic E-state index is 0.346. The summed E-state index contributed by atoms with van der Waals surface area (Å²) in [6, 6.07) is 5.77. The van der Waals surface area contributed by atoms with Crippen LogP contribution in [0.4, 0.5) is 0 Å². The van der Waals surface area contributed by atoms with Crippen LogP contribution in [0.3, 0.4) is 0 Å². The van der Waals surface area contributed by atoms with E-state index < -0.39 is 0 Å². The highest BCUT2D eigenvalue weighted by Crippen LogP contribution is 2.30. The van der Waals surface area contributed by atoms with Gasteiger partial charge in [-0.05, 0) is 41.1 Å². The Labute approximate surface area is 109 Å². The van der Waals surface area contributed by atoms with Crippen molar-refractivity contribution in [3.63, 3.8) is 0 Å². The van der Waals surface area contributed by atoms with Gasteiger partial charge in [-0.25, -0.2) is 4.79 Å². The number of halogens is 2. The summed E-state index contributed by atoms with van der Waals surface area (Å²) in [4.78, 5) is 14.7. The minimum atomic E-state index is -0.346. The fourth-order valence-corrected chi connectivity index (χ4v) is 2.43. The van der Waals surface area contributed by atoms with Gasteiger partial charge >= 0.3 is 5.97 Å². The Morgan fingerprint density at radius 1 is 1.44 bits per heavy atom. The zero-order valence-electron chi connectivity index (χ0n) is 8.51. The first-order valence-corrected chi connectivity index (χ1v) is 6.36. The number of rotatable bonds is 2. The second-order valence-corrected chi connectivity index (χ2v) is 4.93. The van der Waals surface area contributed by atoms with Crippen molar-refractivity contribution >= 4 is 48.7 Å². The van der Waals surface area contributed by atoms with Crippen molar-refractivity contribution in [2.24, 2.45) is 0 Å². The lowest BCUT2D eigenvalue weighted by atomic mass is 10.2. The number of esters is 1. The molecule has 0 aliphatic carbocycles. The maximum absolute atomic E-state index is 11.6. The summed E-state index contributed by atoms with van der Waals surface area (Å²) >= 11 is 6.80. The highest BCUT2D eigenvalue weighted by Gasteiger charge is 2.16. The van der Waals surface area contributed by atoms with Gasteiger partial charge in [0.05, 0.1) is 11.1 Å². The first-order valence-electron chi connectivity index (χ1n) is 4.77. The van der Waals surface area contributed by atoms with Crippen LogP contribution in [-0.2, 0) is 4.74 Å². The normalized spacial score (nSPS) is 10.7. The molecule has 0 saturated carbocycles. The molecule has 0 aliphatic rings. The molecule has 84 valence electrons. The molecule has 0 fully saturated rings. The fourth-order valence-electron chi connectivity index (χ4n) is 1.48. The van der Waals surface area contributed by atoms with Crippen molar-refractivity contribution in [3.05, 3.63) is 32.8 Å². The molecular formula is C11H9Br2NO2. The molecule has 5 heteroatoms. The number of carbonyl (C=O) groups excluding carboxylic acids is 1. The van der Waals surface area contributed by atoms with E-state index in [9.17, 15) is 4.79 Å². The van der Waals surface area contributed by atoms with Crippen LogP contribution in [0, 0.1) is 0 Å². The molecule has 1 aromatic heterocycles. The van der Waals surface area contributed by atoms with E-state index in [1.807, 2.05) is 18.2 Å². The molecule has 2 aromatic rings. The Morgan fingerprint density at radius 2 is 2.19 bits per heavy atom. The van der Waals surface area contributed by atoms with E-state index in [0.717, 1.165) is 19.8 Å². The van der Waals surface area contributed by atoms with Crippen molar-refractivity contribution < 1.29 is 9.53 Å². The summed E-state index contributed by atoms with van der Waals surface area (Å²) < 4.78 is 6.66. The van der Waals surface area contributed by atoms with Crippen LogP contribution in [0.5, 0.6) is 0 Å². The fraction of sp³-hybridized carbons (Fsp3) is 0.182. The van der Waals surface area contributed by atoms with E-state index in [4.69, 9.17) is 4.74 Å². The van der Waals surface area contributed by atoms with Gasteiger partial charge in [0.25, 0.3) is 0 Å². The Bertz CT molecular complexity index is 548. The van der Waals surface area contributed by atoms with Gasteiger partial charge in [-0.1, -0.05) is 15.9 Å². The zero-order chi connectivity index (χ0) is 11.7. The molecular weight excluding hydrogens is 338 g/mol. The molecule has 1 N–H and O–H groups in total. The monoisotopic (exact) mass is 345 g/mol. The van der Waals surface area contributed by atoms with Gasteiger partial charge in [0, 0.05) is 15.4 Å². The number of hydrogen-bond donors (Lipinski definition) is 1. The SMILES string of the molecule is CCOC(=O)c1[nH]c2ccc(Br)cc2c1Br. The Balaban J connectivity index is 2.56. The number of H-pyrrole nitrogens is 1. The second-order valence-electron chi connectivity index (χ2n) is 3.22. The van der Waals surface area contributed by atoms with E-state index in [1.54, 1.807) is 6.92 Å². The molecule has 2 rings (SSSR count). The van der Waals surface area contributed by atoms with E-state index >= 15 is 0 Å². The highest BCUT2D eigenvalue weighted by atomic mass is 79.9. The predicted molar refractivity (Wildman–Crippen MR) is 69.7 cm³/mol. The van der Waals surface area contributed by atoms with Crippen LogP contribution >= 0.6 is 31.9 Å². The number of fused-ring (bicyclic) bond motifs is 1. The Hall–Kier alpha value is -0.810. The molecule has 16 heavy (non-hydrogen) atoms. The van der Waals surface area contributed by atoms with Crippen LogP contribution in [0.25, 0.3) is 10.9 Å². The molecule has 1 heterocycles.